The second-order valence-corrected chi connectivity index (χ2v) is 7.40. The molecule has 0 bridgehead atoms. The monoisotopic (exact) mass is 398 g/mol. The van der Waals surface area contributed by atoms with E-state index in [1.807, 2.05) is 25.1 Å². The van der Waals surface area contributed by atoms with Crippen molar-refractivity contribution in [3.8, 4) is 17.4 Å². The van der Waals surface area contributed by atoms with Crippen LogP contribution in [0.5, 0.6) is 17.4 Å². The van der Waals surface area contributed by atoms with E-state index in [1.54, 1.807) is 25.4 Å². The number of nitrogens with one attached hydrogen (secondary N) is 2. The highest BCUT2D eigenvalue weighted by molar-refractivity contribution is 5.89. The molecule has 2 amide bonds. The zero-order valence-electron chi connectivity index (χ0n) is 17.4. The first kappa shape index (κ1) is 20.9. The molecule has 0 saturated carbocycles. The summed E-state index contributed by atoms with van der Waals surface area (Å²) in [4.78, 5) is 18.8. The Morgan fingerprint density at radius 1 is 1.24 bits per heavy atom. The standard InChI is InChI=1S/C22H30N4O3/c1-16-7-9-19(20(14-16)28-3)29-21-10-8-18(15-24-21)25-22(27)23-11-13-26-12-5-4-6-17(26)2/h7-10,14-15,17H,4-6,11-13H2,1-3H3,(H2,23,25,27). The molecule has 1 aliphatic rings. The summed E-state index contributed by atoms with van der Waals surface area (Å²) in [6, 6.07) is 9.53. The average Bonchev–Trinajstić information content (AvgIpc) is 2.72. The van der Waals surface area contributed by atoms with Crippen LogP contribution in [0.25, 0.3) is 0 Å². The summed E-state index contributed by atoms with van der Waals surface area (Å²) >= 11 is 0. The van der Waals surface area contributed by atoms with Gasteiger partial charge in [-0.2, -0.15) is 0 Å². The highest BCUT2D eigenvalue weighted by Gasteiger charge is 2.17. The number of methoxy groups -OCH3 is 1. The van der Waals surface area contributed by atoms with Gasteiger partial charge < -0.3 is 20.1 Å². The molecule has 2 N–H and O–H groups in total. The van der Waals surface area contributed by atoms with E-state index in [4.69, 9.17) is 9.47 Å². The van der Waals surface area contributed by atoms with Gasteiger partial charge in [-0.15, -0.1) is 0 Å². The maximum Gasteiger partial charge on any atom is 0.319 e. The molecule has 3 rings (SSSR count). The summed E-state index contributed by atoms with van der Waals surface area (Å²) in [6.07, 6.45) is 5.35. The fourth-order valence-electron chi connectivity index (χ4n) is 3.46. The zero-order valence-corrected chi connectivity index (χ0v) is 17.4. The van der Waals surface area contributed by atoms with Crippen LogP contribution in [0.15, 0.2) is 36.5 Å². The Kier molecular flexibility index (Phi) is 7.30. The van der Waals surface area contributed by atoms with Crippen LogP contribution in [0, 0.1) is 6.92 Å². The van der Waals surface area contributed by atoms with Gasteiger partial charge >= 0.3 is 6.03 Å². The molecule has 7 nitrogen and oxygen atoms in total. The number of urea groups is 1. The smallest absolute Gasteiger partial charge is 0.319 e. The lowest BCUT2D eigenvalue weighted by molar-refractivity contribution is 0.162. The van der Waals surface area contributed by atoms with Crippen molar-refractivity contribution in [2.45, 2.75) is 39.2 Å². The molecule has 1 atom stereocenters. The number of carbonyl (C=O) groups excluding carboxylic acids is 1. The normalized spacial score (nSPS) is 16.9. The van der Waals surface area contributed by atoms with Crippen molar-refractivity contribution in [1.82, 2.24) is 15.2 Å². The Hall–Kier alpha value is -2.80. The number of ether oxygens (including phenoxy) is 2. The van der Waals surface area contributed by atoms with E-state index >= 15 is 0 Å². The van der Waals surface area contributed by atoms with Crippen LogP contribution in [-0.2, 0) is 0 Å². The summed E-state index contributed by atoms with van der Waals surface area (Å²) < 4.78 is 11.1. The van der Waals surface area contributed by atoms with Crippen molar-refractivity contribution in [2.24, 2.45) is 0 Å². The zero-order chi connectivity index (χ0) is 20.6. The molecule has 1 unspecified atom stereocenters. The predicted octanol–water partition coefficient (Wildman–Crippen LogP) is 4.19. The van der Waals surface area contributed by atoms with Crippen LogP contribution in [0.4, 0.5) is 10.5 Å². The first-order valence-corrected chi connectivity index (χ1v) is 10.1. The number of pyridine rings is 1. The van der Waals surface area contributed by atoms with Crippen molar-refractivity contribution in [1.29, 1.82) is 0 Å². The van der Waals surface area contributed by atoms with E-state index in [0.717, 1.165) is 18.7 Å². The fraction of sp³-hybridized carbons (Fsp3) is 0.455. The topological polar surface area (TPSA) is 75.7 Å². The molecule has 0 radical (unpaired) electrons. The number of amides is 2. The Morgan fingerprint density at radius 2 is 2.10 bits per heavy atom. The van der Waals surface area contributed by atoms with Gasteiger partial charge in [-0.05, 0) is 57.0 Å². The molecule has 7 heteroatoms. The van der Waals surface area contributed by atoms with Gasteiger partial charge in [-0.3, -0.25) is 4.90 Å². The third kappa shape index (κ3) is 6.09. The summed E-state index contributed by atoms with van der Waals surface area (Å²) in [6.45, 7) is 6.85. The van der Waals surface area contributed by atoms with E-state index in [0.29, 0.717) is 35.7 Å². The quantitative estimate of drug-likeness (QED) is 0.732. The number of benzene rings is 1. The molecule has 29 heavy (non-hydrogen) atoms. The number of rotatable bonds is 7. The van der Waals surface area contributed by atoms with E-state index in [2.05, 4.69) is 27.4 Å². The molecule has 156 valence electrons. The maximum absolute atomic E-state index is 12.1. The molecule has 1 aliphatic heterocycles. The van der Waals surface area contributed by atoms with Crippen LogP contribution < -0.4 is 20.1 Å². The minimum absolute atomic E-state index is 0.231. The number of carbonyl (C=O) groups is 1. The Bertz CT molecular complexity index is 810. The van der Waals surface area contributed by atoms with E-state index in [1.165, 1.54) is 19.3 Å². The minimum Gasteiger partial charge on any atom is -0.493 e. The van der Waals surface area contributed by atoms with Crippen LogP contribution in [0.3, 0.4) is 0 Å². The number of hydrogen-bond donors (Lipinski definition) is 2. The first-order chi connectivity index (χ1) is 14.0. The SMILES string of the molecule is COc1cc(C)ccc1Oc1ccc(NC(=O)NCCN2CCCCC2C)cn1. The van der Waals surface area contributed by atoms with Gasteiger partial charge in [-0.25, -0.2) is 9.78 Å². The molecule has 1 aromatic heterocycles. The number of anilines is 1. The van der Waals surface area contributed by atoms with Crippen molar-refractivity contribution in [2.75, 3.05) is 32.1 Å². The number of nitrogens with zero attached hydrogens (tertiary/aromatic N) is 2. The summed E-state index contributed by atoms with van der Waals surface area (Å²) in [5.74, 6) is 1.67. The lowest BCUT2D eigenvalue weighted by Crippen LogP contribution is -2.43. The predicted molar refractivity (Wildman–Crippen MR) is 114 cm³/mol. The van der Waals surface area contributed by atoms with Crippen LogP contribution in [-0.4, -0.2) is 48.7 Å². The molecule has 1 fully saturated rings. The minimum atomic E-state index is -0.231. The van der Waals surface area contributed by atoms with Crippen LogP contribution >= 0.6 is 0 Å². The molecule has 2 heterocycles. The van der Waals surface area contributed by atoms with Crippen molar-refractivity contribution >= 4 is 11.7 Å². The van der Waals surface area contributed by atoms with Gasteiger partial charge in [0.1, 0.15) is 0 Å². The highest BCUT2D eigenvalue weighted by Crippen LogP contribution is 2.31. The van der Waals surface area contributed by atoms with Gasteiger partial charge in [0.25, 0.3) is 0 Å². The third-order valence-electron chi connectivity index (χ3n) is 5.15. The molecular weight excluding hydrogens is 368 g/mol. The van der Waals surface area contributed by atoms with Gasteiger partial charge in [0.05, 0.1) is 19.0 Å². The van der Waals surface area contributed by atoms with Crippen molar-refractivity contribution in [3.63, 3.8) is 0 Å². The molecular formula is C22H30N4O3. The highest BCUT2D eigenvalue weighted by atomic mass is 16.5. The van der Waals surface area contributed by atoms with Gasteiger partial charge in [-0.1, -0.05) is 12.5 Å². The molecule has 1 aromatic carbocycles. The van der Waals surface area contributed by atoms with E-state index in [-0.39, 0.29) is 6.03 Å². The van der Waals surface area contributed by atoms with Gasteiger partial charge in [0.15, 0.2) is 11.5 Å². The molecule has 0 spiro atoms. The van der Waals surface area contributed by atoms with Crippen molar-refractivity contribution < 1.29 is 14.3 Å². The van der Waals surface area contributed by atoms with Gasteiger partial charge in [0, 0.05) is 25.2 Å². The van der Waals surface area contributed by atoms with Crippen LogP contribution in [0.2, 0.25) is 0 Å². The second kappa shape index (κ2) is 10.1. The lowest BCUT2D eigenvalue weighted by Gasteiger charge is -2.33. The summed E-state index contributed by atoms with van der Waals surface area (Å²) in [5, 5.41) is 5.71. The fourth-order valence-corrected chi connectivity index (χ4v) is 3.46. The second-order valence-electron chi connectivity index (χ2n) is 7.40. The summed E-state index contributed by atoms with van der Waals surface area (Å²) in [5.41, 5.74) is 1.69. The molecule has 0 aliphatic carbocycles. The third-order valence-corrected chi connectivity index (χ3v) is 5.15. The number of piperidine rings is 1. The number of aromatic nitrogens is 1. The largest absolute Gasteiger partial charge is 0.493 e. The van der Waals surface area contributed by atoms with Gasteiger partial charge in [0.2, 0.25) is 5.88 Å². The number of hydrogen-bond acceptors (Lipinski definition) is 5. The van der Waals surface area contributed by atoms with Crippen molar-refractivity contribution in [3.05, 3.63) is 42.1 Å². The Labute approximate surface area is 172 Å². The van der Waals surface area contributed by atoms with Crippen LogP contribution in [0.1, 0.15) is 31.7 Å². The average molecular weight is 399 g/mol. The Balaban J connectivity index is 1.47. The Morgan fingerprint density at radius 3 is 2.83 bits per heavy atom. The number of likely N-dealkylation sites (tertiary alicyclic amines) is 1. The maximum atomic E-state index is 12.1. The lowest BCUT2D eigenvalue weighted by atomic mass is 10.0. The first-order valence-electron chi connectivity index (χ1n) is 10.1. The number of aryl methyl sites for hydroxylation is 1. The summed E-state index contributed by atoms with van der Waals surface area (Å²) in [7, 11) is 1.60. The van der Waals surface area contributed by atoms with E-state index < -0.39 is 0 Å². The molecule has 1 saturated heterocycles. The van der Waals surface area contributed by atoms with E-state index in [9.17, 15) is 4.79 Å². The molecule has 2 aromatic rings.